The number of hydrogen-bond donors (Lipinski definition) is 0. The molecule has 2 heteroatoms. The number of rotatable bonds is 5. The normalized spacial score (nSPS) is 12.1. The number of carbonyl (C=O) groups is 1. The van der Waals surface area contributed by atoms with Crippen molar-refractivity contribution in [1.82, 2.24) is 0 Å². The molecule has 0 amide bonds. The Morgan fingerprint density at radius 1 is 1.21 bits per heavy atom. The van der Waals surface area contributed by atoms with Crippen LogP contribution in [0.3, 0.4) is 0 Å². The highest BCUT2D eigenvalue weighted by molar-refractivity contribution is 5.82. The van der Waals surface area contributed by atoms with Crippen LogP contribution in [0, 0.1) is 5.92 Å². The van der Waals surface area contributed by atoms with E-state index in [0.717, 1.165) is 6.42 Å². The van der Waals surface area contributed by atoms with Gasteiger partial charge in [-0.25, -0.2) is 4.79 Å². The van der Waals surface area contributed by atoms with Gasteiger partial charge in [-0.15, -0.1) is 0 Å². The van der Waals surface area contributed by atoms with Crippen molar-refractivity contribution in [3.63, 3.8) is 0 Å². The van der Waals surface area contributed by atoms with Crippen molar-refractivity contribution in [2.75, 3.05) is 0 Å². The fraction of sp³-hybridized carbons (Fsp3) is 0.583. The first-order valence-electron chi connectivity index (χ1n) is 5.06. The molecule has 0 aliphatic heterocycles. The fourth-order valence-electron chi connectivity index (χ4n) is 0.835. The number of esters is 1. The minimum absolute atomic E-state index is 0.0493. The van der Waals surface area contributed by atoms with Gasteiger partial charge in [-0.3, -0.25) is 0 Å². The highest BCUT2D eigenvalue weighted by Gasteiger charge is 1.97. The first-order valence-corrected chi connectivity index (χ1v) is 5.06. The molecule has 0 aliphatic rings. The molecule has 0 aliphatic carbocycles. The Kier molecular flexibility index (Phi) is 6.81. The number of allylic oxidation sites excluding steroid dienone is 3. The van der Waals surface area contributed by atoms with Crippen LogP contribution in [-0.2, 0) is 9.53 Å². The van der Waals surface area contributed by atoms with Crippen molar-refractivity contribution in [3.8, 4) is 0 Å². The summed E-state index contributed by atoms with van der Waals surface area (Å²) in [7, 11) is 0. The summed E-state index contributed by atoms with van der Waals surface area (Å²) in [6.07, 6.45) is 8.06. The van der Waals surface area contributed by atoms with Crippen molar-refractivity contribution in [2.24, 2.45) is 5.92 Å². The van der Waals surface area contributed by atoms with E-state index in [0.29, 0.717) is 5.92 Å². The monoisotopic (exact) mass is 196 g/mol. The van der Waals surface area contributed by atoms with Crippen molar-refractivity contribution >= 4 is 5.97 Å². The van der Waals surface area contributed by atoms with Gasteiger partial charge in [0, 0.05) is 6.08 Å². The fourth-order valence-corrected chi connectivity index (χ4v) is 0.835. The molecule has 2 nitrogen and oxygen atoms in total. The van der Waals surface area contributed by atoms with Crippen LogP contribution in [-0.4, -0.2) is 12.1 Å². The molecule has 0 aromatic rings. The van der Waals surface area contributed by atoms with E-state index in [1.807, 2.05) is 26.0 Å². The molecular weight excluding hydrogens is 176 g/mol. The summed E-state index contributed by atoms with van der Waals surface area (Å²) in [5, 5.41) is 0. The lowest BCUT2D eigenvalue weighted by atomic mass is 10.1. The third-order valence-electron chi connectivity index (χ3n) is 1.44. The van der Waals surface area contributed by atoms with Gasteiger partial charge < -0.3 is 4.74 Å². The molecule has 80 valence electrons. The molecule has 0 bridgehead atoms. The minimum atomic E-state index is -0.283. The maximum absolute atomic E-state index is 11.0. The van der Waals surface area contributed by atoms with E-state index in [9.17, 15) is 4.79 Å². The van der Waals surface area contributed by atoms with Gasteiger partial charge in [0.1, 0.15) is 0 Å². The zero-order valence-electron chi connectivity index (χ0n) is 9.49. The quantitative estimate of drug-likeness (QED) is 0.383. The van der Waals surface area contributed by atoms with Crippen molar-refractivity contribution in [3.05, 3.63) is 24.3 Å². The molecule has 0 fully saturated rings. The molecule has 0 aromatic carbocycles. The lowest BCUT2D eigenvalue weighted by Crippen LogP contribution is -2.08. The van der Waals surface area contributed by atoms with Crippen LogP contribution in [0.1, 0.15) is 34.1 Å². The van der Waals surface area contributed by atoms with Crippen LogP contribution in [0.5, 0.6) is 0 Å². The summed E-state index contributed by atoms with van der Waals surface area (Å²) in [5.41, 5.74) is 0. The van der Waals surface area contributed by atoms with Gasteiger partial charge in [0.15, 0.2) is 0 Å². The van der Waals surface area contributed by atoms with E-state index < -0.39 is 0 Å². The average Bonchev–Trinajstić information content (AvgIpc) is 2.01. The second-order valence-electron chi connectivity index (χ2n) is 3.90. The van der Waals surface area contributed by atoms with E-state index in [1.54, 1.807) is 6.08 Å². The molecule has 14 heavy (non-hydrogen) atoms. The molecule has 0 unspecified atom stereocenters. The standard InChI is InChI=1S/C12H20O2/c1-10(2)8-6-5-7-9-12(13)14-11(3)4/h5-7,9-11H,8H2,1-4H3/b6-5+,9-7+. The second-order valence-corrected chi connectivity index (χ2v) is 3.90. The molecule has 0 spiro atoms. The molecule has 0 N–H and O–H groups in total. The van der Waals surface area contributed by atoms with Gasteiger partial charge in [-0.05, 0) is 26.2 Å². The summed E-state index contributed by atoms with van der Waals surface area (Å²) < 4.78 is 4.92. The van der Waals surface area contributed by atoms with Crippen LogP contribution in [0.25, 0.3) is 0 Å². The molecule has 0 aromatic heterocycles. The van der Waals surface area contributed by atoms with Crippen molar-refractivity contribution < 1.29 is 9.53 Å². The van der Waals surface area contributed by atoms with Crippen LogP contribution in [0.4, 0.5) is 0 Å². The zero-order valence-corrected chi connectivity index (χ0v) is 9.49. The van der Waals surface area contributed by atoms with Gasteiger partial charge in [0.2, 0.25) is 0 Å². The molecular formula is C12H20O2. The smallest absolute Gasteiger partial charge is 0.330 e. The number of carbonyl (C=O) groups excluding carboxylic acids is 1. The third-order valence-corrected chi connectivity index (χ3v) is 1.44. The van der Waals surface area contributed by atoms with E-state index in [4.69, 9.17) is 4.74 Å². The van der Waals surface area contributed by atoms with Gasteiger partial charge in [0.25, 0.3) is 0 Å². The molecule has 0 rings (SSSR count). The van der Waals surface area contributed by atoms with E-state index >= 15 is 0 Å². The highest BCUT2D eigenvalue weighted by atomic mass is 16.5. The maximum atomic E-state index is 11.0. The largest absolute Gasteiger partial charge is 0.460 e. The van der Waals surface area contributed by atoms with Crippen molar-refractivity contribution in [1.29, 1.82) is 0 Å². The number of ether oxygens (including phenoxy) is 1. The molecule has 0 atom stereocenters. The Morgan fingerprint density at radius 3 is 2.36 bits per heavy atom. The van der Waals surface area contributed by atoms with Gasteiger partial charge in [-0.1, -0.05) is 32.1 Å². The highest BCUT2D eigenvalue weighted by Crippen LogP contribution is 1.99. The van der Waals surface area contributed by atoms with Gasteiger partial charge in [0.05, 0.1) is 6.10 Å². The summed E-state index contributed by atoms with van der Waals surface area (Å²) in [6.45, 7) is 7.98. The minimum Gasteiger partial charge on any atom is -0.460 e. The lowest BCUT2D eigenvalue weighted by molar-refractivity contribution is -0.141. The molecule has 0 saturated heterocycles. The van der Waals surface area contributed by atoms with E-state index in [2.05, 4.69) is 13.8 Å². The summed E-state index contributed by atoms with van der Waals surface area (Å²) >= 11 is 0. The average molecular weight is 196 g/mol. The van der Waals surface area contributed by atoms with Gasteiger partial charge in [-0.2, -0.15) is 0 Å². The Labute approximate surface area is 86.6 Å². The predicted octanol–water partition coefficient (Wildman–Crippen LogP) is 3.10. The molecule has 0 saturated carbocycles. The number of hydrogen-bond acceptors (Lipinski definition) is 2. The Balaban J connectivity index is 3.71. The summed E-state index contributed by atoms with van der Waals surface area (Å²) in [6, 6.07) is 0. The zero-order chi connectivity index (χ0) is 11.0. The Hall–Kier alpha value is -1.05. The predicted molar refractivity (Wildman–Crippen MR) is 59.0 cm³/mol. The van der Waals surface area contributed by atoms with Crippen LogP contribution in [0.2, 0.25) is 0 Å². The SMILES string of the molecule is CC(C)C/C=C/C=C/C(=O)OC(C)C. The molecule has 0 heterocycles. The first-order chi connectivity index (χ1) is 6.52. The van der Waals surface area contributed by atoms with Crippen LogP contribution >= 0.6 is 0 Å². The van der Waals surface area contributed by atoms with E-state index in [1.165, 1.54) is 6.08 Å². The topological polar surface area (TPSA) is 26.3 Å². The maximum Gasteiger partial charge on any atom is 0.330 e. The Bertz CT molecular complexity index is 212. The van der Waals surface area contributed by atoms with Crippen LogP contribution < -0.4 is 0 Å². The first kappa shape index (κ1) is 12.9. The molecule has 0 radical (unpaired) electrons. The summed E-state index contributed by atoms with van der Waals surface area (Å²) in [5.74, 6) is 0.372. The second kappa shape index (κ2) is 7.36. The van der Waals surface area contributed by atoms with Gasteiger partial charge >= 0.3 is 5.97 Å². The third kappa shape index (κ3) is 9.04. The lowest BCUT2D eigenvalue weighted by Gasteiger charge is -2.03. The van der Waals surface area contributed by atoms with Crippen LogP contribution in [0.15, 0.2) is 24.3 Å². The van der Waals surface area contributed by atoms with E-state index in [-0.39, 0.29) is 12.1 Å². The van der Waals surface area contributed by atoms with Crippen molar-refractivity contribution in [2.45, 2.75) is 40.2 Å². The Morgan fingerprint density at radius 2 is 1.86 bits per heavy atom. The summed E-state index contributed by atoms with van der Waals surface area (Å²) in [4.78, 5) is 11.0.